The third kappa shape index (κ3) is 2.55. The van der Waals surface area contributed by atoms with Crippen LogP contribution in [0.4, 0.5) is 0 Å². The first-order valence-corrected chi connectivity index (χ1v) is 7.04. The molecule has 0 aliphatic carbocycles. The number of carbonyl (C=O) groups excluding carboxylic acids is 1. The Balaban J connectivity index is 2.07. The molecule has 0 atom stereocenters. The lowest BCUT2D eigenvalue weighted by molar-refractivity contribution is 0.103. The van der Waals surface area contributed by atoms with Crippen molar-refractivity contribution in [3.05, 3.63) is 71.2 Å². The molecule has 0 unspecified atom stereocenters. The summed E-state index contributed by atoms with van der Waals surface area (Å²) < 4.78 is 0. The van der Waals surface area contributed by atoms with Crippen molar-refractivity contribution in [2.24, 2.45) is 0 Å². The molecule has 21 heavy (non-hydrogen) atoms. The third-order valence-corrected chi connectivity index (χ3v) is 3.62. The molecule has 0 spiro atoms. The van der Waals surface area contributed by atoms with Crippen molar-refractivity contribution < 1.29 is 4.79 Å². The highest BCUT2D eigenvalue weighted by atomic mass is 16.1. The molecule has 0 saturated carbocycles. The van der Waals surface area contributed by atoms with E-state index in [-0.39, 0.29) is 5.78 Å². The van der Waals surface area contributed by atoms with E-state index in [1.165, 1.54) is 0 Å². The lowest BCUT2D eigenvalue weighted by Crippen LogP contribution is -2.05. The van der Waals surface area contributed by atoms with Crippen LogP contribution in [-0.2, 0) is 6.42 Å². The summed E-state index contributed by atoms with van der Waals surface area (Å²) in [5.41, 5.74) is 4.28. The molecule has 0 N–H and O–H groups in total. The maximum atomic E-state index is 12.7. The Hall–Kier alpha value is -2.55. The van der Waals surface area contributed by atoms with Gasteiger partial charge >= 0.3 is 0 Å². The quantitative estimate of drug-likeness (QED) is 0.684. The van der Waals surface area contributed by atoms with Crippen LogP contribution >= 0.6 is 0 Å². The molecule has 3 nitrogen and oxygen atoms in total. The topological polar surface area (TPSA) is 42.9 Å². The van der Waals surface area contributed by atoms with E-state index in [0.717, 1.165) is 34.1 Å². The van der Waals surface area contributed by atoms with Gasteiger partial charge in [0.25, 0.3) is 0 Å². The monoisotopic (exact) mass is 276 g/mol. The lowest BCUT2D eigenvalue weighted by atomic mass is 9.98. The number of pyridine rings is 2. The van der Waals surface area contributed by atoms with Crippen LogP contribution in [0.15, 0.2) is 48.8 Å². The summed E-state index contributed by atoms with van der Waals surface area (Å²) in [5.74, 6) is 0.0386. The second-order valence-electron chi connectivity index (χ2n) is 5.08. The molecule has 3 rings (SSSR count). The van der Waals surface area contributed by atoms with Gasteiger partial charge in [-0.1, -0.05) is 13.0 Å². The molecular weight excluding hydrogens is 260 g/mol. The fourth-order valence-electron chi connectivity index (χ4n) is 2.45. The Bertz CT molecular complexity index is 824. The fourth-order valence-corrected chi connectivity index (χ4v) is 2.45. The van der Waals surface area contributed by atoms with Gasteiger partial charge in [-0.15, -0.1) is 0 Å². The number of ketones is 1. The fraction of sp³-hybridized carbons (Fsp3) is 0.167. The summed E-state index contributed by atoms with van der Waals surface area (Å²) in [5, 5.41) is 0.985. The van der Waals surface area contributed by atoms with E-state index < -0.39 is 0 Å². The minimum Gasteiger partial charge on any atom is -0.289 e. The van der Waals surface area contributed by atoms with Crippen LogP contribution < -0.4 is 0 Å². The first-order chi connectivity index (χ1) is 10.2. The number of nitrogens with zero attached hydrogens (tertiary/aromatic N) is 2. The molecule has 2 heterocycles. The molecule has 2 aromatic heterocycles. The third-order valence-electron chi connectivity index (χ3n) is 3.62. The molecule has 0 amide bonds. The zero-order chi connectivity index (χ0) is 14.8. The van der Waals surface area contributed by atoms with Gasteiger partial charge in [-0.05, 0) is 49.2 Å². The normalized spacial score (nSPS) is 10.8. The number of benzene rings is 1. The summed E-state index contributed by atoms with van der Waals surface area (Å²) in [6, 6.07) is 11.4. The van der Waals surface area contributed by atoms with E-state index in [9.17, 15) is 4.79 Å². The molecule has 0 fully saturated rings. The van der Waals surface area contributed by atoms with E-state index in [2.05, 4.69) is 9.97 Å². The standard InChI is InChI=1S/C18H16N2O/c1-3-13-11-19-9-8-16(13)18(21)15-6-7-17-14(10-15)5-4-12(2)20-17/h4-11H,3H2,1-2H3. The SMILES string of the molecule is CCc1cnccc1C(=O)c1ccc2nc(C)ccc2c1. The highest BCUT2D eigenvalue weighted by Gasteiger charge is 2.13. The minimum absolute atomic E-state index is 0.0386. The van der Waals surface area contributed by atoms with Crippen LogP contribution in [0.25, 0.3) is 10.9 Å². The van der Waals surface area contributed by atoms with Crippen LogP contribution in [0.1, 0.15) is 34.1 Å². The van der Waals surface area contributed by atoms with Crippen molar-refractivity contribution in [3.8, 4) is 0 Å². The molecule has 0 aliphatic heterocycles. The summed E-state index contributed by atoms with van der Waals surface area (Å²) in [7, 11) is 0. The number of carbonyl (C=O) groups is 1. The highest BCUT2D eigenvalue weighted by molar-refractivity contribution is 6.11. The average molecular weight is 276 g/mol. The second kappa shape index (κ2) is 5.44. The Morgan fingerprint density at radius 1 is 1.14 bits per heavy atom. The van der Waals surface area contributed by atoms with Crippen molar-refractivity contribution in [2.45, 2.75) is 20.3 Å². The van der Waals surface area contributed by atoms with Gasteiger partial charge in [0.1, 0.15) is 0 Å². The number of aryl methyl sites for hydroxylation is 2. The van der Waals surface area contributed by atoms with Gasteiger partial charge in [0.05, 0.1) is 5.52 Å². The molecule has 0 saturated heterocycles. The summed E-state index contributed by atoms with van der Waals surface area (Å²) in [6.07, 6.45) is 4.22. The number of hydrogen-bond donors (Lipinski definition) is 0. The van der Waals surface area contributed by atoms with Crippen LogP contribution in [-0.4, -0.2) is 15.8 Å². The first kappa shape index (κ1) is 13.4. The Morgan fingerprint density at radius 3 is 2.81 bits per heavy atom. The molecule has 3 aromatic rings. The summed E-state index contributed by atoms with van der Waals surface area (Å²) >= 11 is 0. The number of aromatic nitrogens is 2. The van der Waals surface area contributed by atoms with Gasteiger partial charge < -0.3 is 0 Å². The molecule has 0 radical (unpaired) electrons. The van der Waals surface area contributed by atoms with Crippen LogP contribution in [0.5, 0.6) is 0 Å². The highest BCUT2D eigenvalue weighted by Crippen LogP contribution is 2.19. The van der Waals surface area contributed by atoms with Crippen LogP contribution in [0.2, 0.25) is 0 Å². The van der Waals surface area contributed by atoms with Crippen molar-refractivity contribution in [1.29, 1.82) is 0 Å². The predicted octanol–water partition coefficient (Wildman–Crippen LogP) is 3.73. The summed E-state index contributed by atoms with van der Waals surface area (Å²) in [6.45, 7) is 3.99. The molecule has 0 aliphatic rings. The van der Waals surface area contributed by atoms with Gasteiger partial charge in [-0.2, -0.15) is 0 Å². The van der Waals surface area contributed by atoms with Crippen molar-refractivity contribution in [3.63, 3.8) is 0 Å². The second-order valence-corrected chi connectivity index (χ2v) is 5.08. The lowest BCUT2D eigenvalue weighted by Gasteiger charge is -2.07. The van der Waals surface area contributed by atoms with Gasteiger partial charge in [0.15, 0.2) is 5.78 Å². The largest absolute Gasteiger partial charge is 0.289 e. The van der Waals surface area contributed by atoms with Gasteiger partial charge in [0, 0.05) is 34.6 Å². The average Bonchev–Trinajstić information content (AvgIpc) is 2.53. The first-order valence-electron chi connectivity index (χ1n) is 7.04. The van der Waals surface area contributed by atoms with Gasteiger partial charge in [-0.3, -0.25) is 14.8 Å². The maximum Gasteiger partial charge on any atom is 0.193 e. The van der Waals surface area contributed by atoms with Crippen molar-refractivity contribution in [1.82, 2.24) is 9.97 Å². The Morgan fingerprint density at radius 2 is 2.00 bits per heavy atom. The van der Waals surface area contributed by atoms with Crippen LogP contribution in [0.3, 0.4) is 0 Å². The molecule has 0 bridgehead atoms. The van der Waals surface area contributed by atoms with E-state index >= 15 is 0 Å². The maximum absolute atomic E-state index is 12.7. The van der Waals surface area contributed by atoms with E-state index in [4.69, 9.17) is 0 Å². The molecule has 1 aromatic carbocycles. The van der Waals surface area contributed by atoms with Gasteiger partial charge in [-0.25, -0.2) is 0 Å². The van der Waals surface area contributed by atoms with E-state index in [1.54, 1.807) is 18.5 Å². The van der Waals surface area contributed by atoms with Crippen molar-refractivity contribution in [2.75, 3.05) is 0 Å². The minimum atomic E-state index is 0.0386. The van der Waals surface area contributed by atoms with Crippen LogP contribution in [0, 0.1) is 6.92 Å². The molecule has 104 valence electrons. The van der Waals surface area contributed by atoms with E-state index in [1.807, 2.05) is 44.2 Å². The smallest absolute Gasteiger partial charge is 0.193 e. The van der Waals surface area contributed by atoms with Crippen molar-refractivity contribution >= 4 is 16.7 Å². The number of fused-ring (bicyclic) bond motifs is 1. The zero-order valence-corrected chi connectivity index (χ0v) is 12.1. The predicted molar refractivity (Wildman–Crippen MR) is 83.5 cm³/mol. The molecular formula is C18H16N2O. The number of hydrogen-bond acceptors (Lipinski definition) is 3. The molecule has 3 heteroatoms. The summed E-state index contributed by atoms with van der Waals surface area (Å²) in [4.78, 5) is 21.2. The van der Waals surface area contributed by atoms with Gasteiger partial charge in [0.2, 0.25) is 0 Å². The Kier molecular flexibility index (Phi) is 3.48. The van der Waals surface area contributed by atoms with E-state index in [0.29, 0.717) is 5.56 Å². The Labute approximate surface area is 123 Å². The zero-order valence-electron chi connectivity index (χ0n) is 12.1. The number of rotatable bonds is 3.